The van der Waals surface area contributed by atoms with E-state index in [1.165, 1.54) is 0 Å². The second kappa shape index (κ2) is 5.46. The fraction of sp³-hybridized carbons (Fsp3) is 0.231. The summed E-state index contributed by atoms with van der Waals surface area (Å²) in [4.78, 5) is 8.16. The highest BCUT2D eigenvalue weighted by Gasteiger charge is 2.01. The van der Waals surface area contributed by atoms with Crippen LogP contribution < -0.4 is 11.1 Å². The maximum atomic E-state index is 5.61. The van der Waals surface area contributed by atoms with Crippen LogP contribution in [0.5, 0.6) is 0 Å². The molecule has 0 fully saturated rings. The fourth-order valence-corrected chi connectivity index (χ4v) is 1.71. The topological polar surface area (TPSA) is 73.1 Å². The van der Waals surface area contributed by atoms with Crippen molar-refractivity contribution in [3.63, 3.8) is 0 Å². The van der Waals surface area contributed by atoms with Gasteiger partial charge in [0.05, 0.1) is 6.61 Å². The van der Waals surface area contributed by atoms with Gasteiger partial charge in [0.15, 0.2) is 0 Å². The molecular weight excluding hydrogens is 228 g/mol. The first-order chi connectivity index (χ1) is 8.67. The predicted octanol–water partition coefficient (Wildman–Crippen LogP) is 2.26. The summed E-state index contributed by atoms with van der Waals surface area (Å²) in [6.45, 7) is 2.46. The summed E-state index contributed by atoms with van der Waals surface area (Å²) in [6.07, 6.45) is 0. The zero-order valence-corrected chi connectivity index (χ0v) is 10.5. The van der Waals surface area contributed by atoms with E-state index >= 15 is 0 Å². The summed E-state index contributed by atoms with van der Waals surface area (Å²) in [7, 11) is 1.68. The Bertz CT molecular complexity index is 522. The molecule has 2 rings (SSSR count). The Morgan fingerprint density at radius 3 is 2.83 bits per heavy atom. The lowest BCUT2D eigenvalue weighted by molar-refractivity contribution is 0.185. The molecule has 3 N–H and O–H groups in total. The molecule has 5 nitrogen and oxygen atoms in total. The minimum atomic E-state index is 0.269. The number of rotatable bonds is 4. The molecule has 0 unspecified atom stereocenters. The second-order valence-electron chi connectivity index (χ2n) is 4.01. The zero-order chi connectivity index (χ0) is 13.0. The van der Waals surface area contributed by atoms with Crippen LogP contribution in [0, 0.1) is 6.92 Å². The Labute approximate surface area is 106 Å². The number of nitrogen functional groups attached to an aromatic ring is 1. The molecule has 0 aliphatic heterocycles. The van der Waals surface area contributed by atoms with Gasteiger partial charge in [-0.2, -0.15) is 4.98 Å². The number of anilines is 3. The van der Waals surface area contributed by atoms with Crippen molar-refractivity contribution in [2.75, 3.05) is 18.2 Å². The largest absolute Gasteiger partial charge is 0.380 e. The van der Waals surface area contributed by atoms with Crippen molar-refractivity contribution in [3.8, 4) is 0 Å². The van der Waals surface area contributed by atoms with Crippen LogP contribution in [0.3, 0.4) is 0 Å². The Hall–Kier alpha value is -2.14. The summed E-state index contributed by atoms with van der Waals surface area (Å²) in [6, 6.07) is 9.80. The van der Waals surface area contributed by atoms with Crippen molar-refractivity contribution in [3.05, 3.63) is 41.6 Å². The molecule has 0 spiro atoms. The summed E-state index contributed by atoms with van der Waals surface area (Å²) in [5.74, 6) is 0.958. The maximum absolute atomic E-state index is 5.61. The monoisotopic (exact) mass is 244 g/mol. The van der Waals surface area contributed by atoms with E-state index in [-0.39, 0.29) is 5.95 Å². The summed E-state index contributed by atoms with van der Waals surface area (Å²) in [5.41, 5.74) is 8.48. The van der Waals surface area contributed by atoms with Crippen LogP contribution in [0.4, 0.5) is 17.5 Å². The quantitative estimate of drug-likeness (QED) is 0.863. The minimum absolute atomic E-state index is 0.269. The molecule has 5 heteroatoms. The van der Waals surface area contributed by atoms with E-state index in [0.717, 1.165) is 16.9 Å². The van der Waals surface area contributed by atoms with Gasteiger partial charge in [0.1, 0.15) is 5.82 Å². The first kappa shape index (κ1) is 12.3. The van der Waals surface area contributed by atoms with Crippen molar-refractivity contribution in [2.24, 2.45) is 0 Å². The average Bonchev–Trinajstić information content (AvgIpc) is 2.28. The third kappa shape index (κ3) is 3.18. The molecule has 1 aromatic heterocycles. The van der Waals surface area contributed by atoms with E-state index in [1.54, 1.807) is 7.11 Å². The molecule has 1 heterocycles. The number of nitrogens with one attached hydrogen (secondary N) is 1. The number of nitrogens with zero attached hydrogens (tertiary/aromatic N) is 2. The van der Waals surface area contributed by atoms with Gasteiger partial charge in [-0.25, -0.2) is 4.98 Å². The number of hydrogen-bond donors (Lipinski definition) is 2. The predicted molar refractivity (Wildman–Crippen MR) is 71.6 cm³/mol. The lowest BCUT2D eigenvalue weighted by Crippen LogP contribution is -2.01. The van der Waals surface area contributed by atoms with Crippen LogP contribution in [0.15, 0.2) is 30.3 Å². The van der Waals surface area contributed by atoms with Crippen LogP contribution >= 0.6 is 0 Å². The van der Waals surface area contributed by atoms with E-state index in [2.05, 4.69) is 15.3 Å². The first-order valence-corrected chi connectivity index (χ1v) is 5.63. The Morgan fingerprint density at radius 1 is 1.28 bits per heavy atom. The SMILES string of the molecule is COCc1cccc(Nc2cc(C)nc(N)n2)c1. The number of aryl methyl sites for hydroxylation is 1. The van der Waals surface area contributed by atoms with Gasteiger partial charge in [-0.1, -0.05) is 12.1 Å². The highest BCUT2D eigenvalue weighted by Crippen LogP contribution is 2.17. The molecule has 94 valence electrons. The number of hydrogen-bond acceptors (Lipinski definition) is 5. The Kier molecular flexibility index (Phi) is 3.74. The Morgan fingerprint density at radius 2 is 2.11 bits per heavy atom. The molecule has 0 aliphatic carbocycles. The number of benzene rings is 1. The molecule has 0 radical (unpaired) electrons. The van der Waals surface area contributed by atoms with Gasteiger partial charge in [-0.3, -0.25) is 0 Å². The molecular formula is C13H16N4O. The van der Waals surface area contributed by atoms with Gasteiger partial charge in [-0.15, -0.1) is 0 Å². The second-order valence-corrected chi connectivity index (χ2v) is 4.01. The third-order valence-electron chi connectivity index (χ3n) is 2.38. The highest BCUT2D eigenvalue weighted by atomic mass is 16.5. The van der Waals surface area contributed by atoms with Gasteiger partial charge in [-0.05, 0) is 24.6 Å². The van der Waals surface area contributed by atoms with Crippen molar-refractivity contribution in [1.82, 2.24) is 9.97 Å². The average molecular weight is 244 g/mol. The molecule has 18 heavy (non-hydrogen) atoms. The molecule has 0 atom stereocenters. The van der Waals surface area contributed by atoms with E-state index in [9.17, 15) is 0 Å². The molecule has 0 amide bonds. The Balaban J connectivity index is 2.20. The van der Waals surface area contributed by atoms with Crippen molar-refractivity contribution < 1.29 is 4.74 Å². The van der Waals surface area contributed by atoms with Gasteiger partial charge < -0.3 is 15.8 Å². The van der Waals surface area contributed by atoms with E-state index < -0.39 is 0 Å². The van der Waals surface area contributed by atoms with Gasteiger partial charge in [0.25, 0.3) is 0 Å². The number of aromatic nitrogens is 2. The maximum Gasteiger partial charge on any atom is 0.222 e. The molecule has 0 aliphatic rings. The van der Waals surface area contributed by atoms with Gasteiger partial charge in [0, 0.05) is 24.6 Å². The van der Waals surface area contributed by atoms with Crippen LogP contribution in [0.25, 0.3) is 0 Å². The summed E-state index contributed by atoms with van der Waals surface area (Å²) >= 11 is 0. The zero-order valence-electron chi connectivity index (χ0n) is 10.5. The number of ether oxygens (including phenoxy) is 1. The molecule has 1 aromatic carbocycles. The summed E-state index contributed by atoms with van der Waals surface area (Å²) in [5, 5.41) is 3.20. The number of methoxy groups -OCH3 is 1. The molecule has 2 aromatic rings. The van der Waals surface area contributed by atoms with Gasteiger partial charge >= 0.3 is 0 Å². The van der Waals surface area contributed by atoms with Crippen LogP contribution in [-0.2, 0) is 11.3 Å². The standard InChI is InChI=1S/C13H16N4O/c1-9-6-12(17-13(14)15-9)16-11-5-3-4-10(7-11)8-18-2/h3-7H,8H2,1-2H3,(H3,14,15,16,17). The van der Waals surface area contributed by atoms with Crippen molar-refractivity contribution in [2.45, 2.75) is 13.5 Å². The summed E-state index contributed by atoms with van der Waals surface area (Å²) < 4.78 is 5.10. The van der Waals surface area contributed by atoms with E-state index in [1.807, 2.05) is 37.3 Å². The lowest BCUT2D eigenvalue weighted by atomic mass is 10.2. The van der Waals surface area contributed by atoms with Crippen LogP contribution in [-0.4, -0.2) is 17.1 Å². The van der Waals surface area contributed by atoms with E-state index in [4.69, 9.17) is 10.5 Å². The van der Waals surface area contributed by atoms with Crippen LogP contribution in [0.2, 0.25) is 0 Å². The fourth-order valence-electron chi connectivity index (χ4n) is 1.71. The number of nitrogens with two attached hydrogens (primary N) is 1. The van der Waals surface area contributed by atoms with Crippen LogP contribution in [0.1, 0.15) is 11.3 Å². The lowest BCUT2D eigenvalue weighted by Gasteiger charge is -2.08. The highest BCUT2D eigenvalue weighted by molar-refractivity contribution is 5.58. The normalized spacial score (nSPS) is 10.3. The van der Waals surface area contributed by atoms with Crippen molar-refractivity contribution >= 4 is 17.5 Å². The first-order valence-electron chi connectivity index (χ1n) is 5.63. The van der Waals surface area contributed by atoms with Gasteiger partial charge in [0.2, 0.25) is 5.95 Å². The minimum Gasteiger partial charge on any atom is -0.380 e. The molecule has 0 saturated carbocycles. The molecule has 0 saturated heterocycles. The third-order valence-corrected chi connectivity index (χ3v) is 2.38. The molecule has 0 bridgehead atoms. The van der Waals surface area contributed by atoms with Crippen molar-refractivity contribution in [1.29, 1.82) is 0 Å². The smallest absolute Gasteiger partial charge is 0.222 e. The van der Waals surface area contributed by atoms with E-state index in [0.29, 0.717) is 12.4 Å².